The summed E-state index contributed by atoms with van der Waals surface area (Å²) in [6.07, 6.45) is 7.43. The van der Waals surface area contributed by atoms with E-state index in [4.69, 9.17) is 10.5 Å². The van der Waals surface area contributed by atoms with Gasteiger partial charge < -0.3 is 15.8 Å². The van der Waals surface area contributed by atoms with E-state index in [9.17, 15) is 0 Å². The van der Waals surface area contributed by atoms with Crippen molar-refractivity contribution in [3.8, 4) is 5.75 Å². The van der Waals surface area contributed by atoms with Gasteiger partial charge in [0, 0.05) is 18.2 Å². The molecule has 3 N–H and O–H groups in total. The molecule has 0 spiro atoms. The molecule has 0 aliphatic heterocycles. The molecule has 0 aliphatic rings. The standard InChI is InChI=1S/C17H30N2O/c1-3-16(11-6-4-5-9-13-18)19-14-15-10-7-8-12-17(15)20-2/h7-8,10,12,16,19H,3-6,9,11,13-14,18H2,1-2H3. The Morgan fingerprint density at radius 3 is 2.60 bits per heavy atom. The number of nitrogens with one attached hydrogen (secondary N) is 1. The maximum atomic E-state index is 5.51. The fraction of sp³-hybridized carbons (Fsp3) is 0.647. The predicted molar refractivity (Wildman–Crippen MR) is 86.1 cm³/mol. The molecule has 1 atom stereocenters. The first-order valence-corrected chi connectivity index (χ1v) is 7.87. The summed E-state index contributed by atoms with van der Waals surface area (Å²) in [4.78, 5) is 0. The zero-order valence-corrected chi connectivity index (χ0v) is 13.0. The third kappa shape index (κ3) is 6.40. The minimum atomic E-state index is 0.595. The van der Waals surface area contributed by atoms with Crippen LogP contribution >= 0.6 is 0 Å². The lowest BCUT2D eigenvalue weighted by Crippen LogP contribution is -2.28. The van der Waals surface area contributed by atoms with Gasteiger partial charge in [-0.25, -0.2) is 0 Å². The number of hydrogen-bond donors (Lipinski definition) is 2. The van der Waals surface area contributed by atoms with E-state index < -0.39 is 0 Å². The minimum absolute atomic E-state index is 0.595. The highest BCUT2D eigenvalue weighted by Gasteiger charge is 2.07. The van der Waals surface area contributed by atoms with Gasteiger partial charge in [0.25, 0.3) is 0 Å². The molecule has 0 saturated carbocycles. The Kier molecular flexibility index (Phi) is 9.09. The van der Waals surface area contributed by atoms with Crippen molar-refractivity contribution in [1.29, 1.82) is 0 Å². The molecule has 0 heterocycles. The Morgan fingerprint density at radius 2 is 1.90 bits per heavy atom. The highest BCUT2D eigenvalue weighted by atomic mass is 16.5. The van der Waals surface area contributed by atoms with E-state index in [1.54, 1.807) is 7.11 Å². The average molecular weight is 278 g/mol. The molecule has 0 fully saturated rings. The minimum Gasteiger partial charge on any atom is -0.496 e. The predicted octanol–water partition coefficient (Wildman–Crippen LogP) is 3.47. The van der Waals surface area contributed by atoms with Gasteiger partial charge in [0.05, 0.1) is 7.11 Å². The quantitative estimate of drug-likeness (QED) is 0.609. The lowest BCUT2D eigenvalue weighted by molar-refractivity contribution is 0.399. The first kappa shape index (κ1) is 17.0. The molecule has 0 aromatic heterocycles. The van der Waals surface area contributed by atoms with Crippen molar-refractivity contribution in [2.24, 2.45) is 5.73 Å². The summed E-state index contributed by atoms with van der Waals surface area (Å²) in [5.74, 6) is 0.970. The third-order valence-corrected chi connectivity index (χ3v) is 3.77. The van der Waals surface area contributed by atoms with Crippen LogP contribution in [0.3, 0.4) is 0 Å². The molecule has 1 aromatic carbocycles. The molecule has 1 rings (SSSR count). The zero-order chi connectivity index (χ0) is 14.6. The van der Waals surface area contributed by atoms with Crippen LogP contribution in [0, 0.1) is 0 Å². The number of unbranched alkanes of at least 4 members (excludes halogenated alkanes) is 3. The molecule has 0 amide bonds. The van der Waals surface area contributed by atoms with E-state index in [1.165, 1.54) is 37.7 Å². The van der Waals surface area contributed by atoms with E-state index in [0.29, 0.717) is 6.04 Å². The molecule has 20 heavy (non-hydrogen) atoms. The van der Waals surface area contributed by atoms with Gasteiger partial charge in [-0.3, -0.25) is 0 Å². The van der Waals surface area contributed by atoms with Crippen LogP contribution in [0.1, 0.15) is 51.0 Å². The Hall–Kier alpha value is -1.06. The number of benzene rings is 1. The number of nitrogens with two attached hydrogens (primary N) is 1. The van der Waals surface area contributed by atoms with Crippen molar-refractivity contribution in [1.82, 2.24) is 5.32 Å². The first-order chi connectivity index (χ1) is 9.81. The Balaban J connectivity index is 2.29. The van der Waals surface area contributed by atoms with Gasteiger partial charge >= 0.3 is 0 Å². The topological polar surface area (TPSA) is 47.3 Å². The number of ether oxygens (including phenoxy) is 1. The summed E-state index contributed by atoms with van der Waals surface area (Å²) < 4.78 is 5.38. The molecule has 0 radical (unpaired) electrons. The van der Waals surface area contributed by atoms with Crippen molar-refractivity contribution < 1.29 is 4.74 Å². The number of hydrogen-bond acceptors (Lipinski definition) is 3. The first-order valence-electron chi connectivity index (χ1n) is 7.87. The Bertz CT molecular complexity index is 355. The van der Waals surface area contributed by atoms with Crippen LogP contribution in [-0.4, -0.2) is 19.7 Å². The van der Waals surface area contributed by atoms with Gasteiger partial charge in [0.2, 0.25) is 0 Å². The molecule has 0 bridgehead atoms. The summed E-state index contributed by atoms with van der Waals surface area (Å²) in [7, 11) is 1.73. The summed E-state index contributed by atoms with van der Waals surface area (Å²) >= 11 is 0. The van der Waals surface area contributed by atoms with E-state index in [0.717, 1.165) is 25.3 Å². The van der Waals surface area contributed by atoms with Crippen molar-refractivity contribution >= 4 is 0 Å². The fourth-order valence-electron chi connectivity index (χ4n) is 2.44. The lowest BCUT2D eigenvalue weighted by Gasteiger charge is -2.18. The number of para-hydroxylation sites is 1. The van der Waals surface area contributed by atoms with Crippen LogP contribution in [-0.2, 0) is 6.54 Å². The molecule has 3 heteroatoms. The van der Waals surface area contributed by atoms with Crippen molar-refractivity contribution in [3.05, 3.63) is 29.8 Å². The van der Waals surface area contributed by atoms with Crippen LogP contribution in [0.25, 0.3) is 0 Å². The largest absolute Gasteiger partial charge is 0.496 e. The van der Waals surface area contributed by atoms with Crippen LogP contribution in [0.5, 0.6) is 5.75 Å². The van der Waals surface area contributed by atoms with Crippen LogP contribution < -0.4 is 15.8 Å². The molecular formula is C17H30N2O. The Morgan fingerprint density at radius 1 is 1.15 bits per heavy atom. The van der Waals surface area contributed by atoms with Crippen molar-refractivity contribution in [2.75, 3.05) is 13.7 Å². The summed E-state index contributed by atoms with van der Waals surface area (Å²) in [5.41, 5.74) is 6.74. The normalized spacial score (nSPS) is 12.3. The molecule has 1 aromatic rings. The van der Waals surface area contributed by atoms with Crippen LogP contribution in [0.15, 0.2) is 24.3 Å². The second-order valence-electron chi connectivity index (χ2n) is 5.29. The van der Waals surface area contributed by atoms with Gasteiger partial charge in [0.1, 0.15) is 5.75 Å². The smallest absolute Gasteiger partial charge is 0.123 e. The van der Waals surface area contributed by atoms with Crippen LogP contribution in [0.4, 0.5) is 0 Å². The summed E-state index contributed by atoms with van der Waals surface area (Å²) in [6.45, 7) is 3.95. The molecule has 0 aliphatic carbocycles. The van der Waals surface area contributed by atoms with E-state index in [-0.39, 0.29) is 0 Å². The molecule has 3 nitrogen and oxygen atoms in total. The molecule has 1 unspecified atom stereocenters. The molecular weight excluding hydrogens is 248 g/mol. The monoisotopic (exact) mass is 278 g/mol. The highest BCUT2D eigenvalue weighted by Crippen LogP contribution is 2.17. The van der Waals surface area contributed by atoms with Gasteiger partial charge in [-0.05, 0) is 31.9 Å². The highest BCUT2D eigenvalue weighted by molar-refractivity contribution is 5.32. The van der Waals surface area contributed by atoms with Gasteiger partial charge in [-0.2, -0.15) is 0 Å². The Labute approximate surface area is 123 Å². The van der Waals surface area contributed by atoms with E-state index in [2.05, 4.69) is 24.4 Å². The average Bonchev–Trinajstić information content (AvgIpc) is 2.50. The lowest BCUT2D eigenvalue weighted by atomic mass is 10.0. The second-order valence-corrected chi connectivity index (χ2v) is 5.29. The van der Waals surface area contributed by atoms with Gasteiger partial charge in [-0.15, -0.1) is 0 Å². The summed E-state index contributed by atoms with van der Waals surface area (Å²) in [6, 6.07) is 8.81. The maximum absolute atomic E-state index is 5.51. The van der Waals surface area contributed by atoms with Crippen LogP contribution in [0.2, 0.25) is 0 Å². The maximum Gasteiger partial charge on any atom is 0.123 e. The SMILES string of the molecule is CCC(CCCCCCN)NCc1ccccc1OC. The van der Waals surface area contributed by atoms with Crippen molar-refractivity contribution in [2.45, 2.75) is 58.0 Å². The zero-order valence-electron chi connectivity index (χ0n) is 13.0. The second kappa shape index (κ2) is 10.7. The third-order valence-electron chi connectivity index (χ3n) is 3.77. The number of methoxy groups -OCH3 is 1. The summed E-state index contributed by atoms with van der Waals surface area (Å²) in [5, 5.41) is 3.65. The number of rotatable bonds is 11. The molecule has 0 saturated heterocycles. The van der Waals surface area contributed by atoms with Gasteiger partial charge in [0.15, 0.2) is 0 Å². The van der Waals surface area contributed by atoms with E-state index in [1.807, 2.05) is 12.1 Å². The van der Waals surface area contributed by atoms with E-state index >= 15 is 0 Å². The fourth-order valence-corrected chi connectivity index (χ4v) is 2.44. The van der Waals surface area contributed by atoms with Crippen molar-refractivity contribution in [3.63, 3.8) is 0 Å². The molecule has 114 valence electrons. The van der Waals surface area contributed by atoms with Gasteiger partial charge in [-0.1, -0.05) is 44.4 Å².